The summed E-state index contributed by atoms with van der Waals surface area (Å²) in [5.41, 5.74) is 5.77. The normalized spacial score (nSPS) is 20.3. The van der Waals surface area contributed by atoms with Crippen molar-refractivity contribution in [3.05, 3.63) is 92.7 Å². The van der Waals surface area contributed by atoms with Crippen molar-refractivity contribution in [1.29, 1.82) is 0 Å². The van der Waals surface area contributed by atoms with Gasteiger partial charge in [-0.2, -0.15) is 0 Å². The number of hydrogen-bond donors (Lipinski definition) is 0. The molecule has 5 rings (SSSR count). The van der Waals surface area contributed by atoms with Crippen molar-refractivity contribution in [2.75, 3.05) is 32.7 Å². The van der Waals surface area contributed by atoms with Gasteiger partial charge >= 0.3 is 0 Å². The predicted octanol–water partition coefficient (Wildman–Crippen LogP) is 4.94. The number of piperazine rings is 1. The Morgan fingerprint density at radius 1 is 0.972 bits per heavy atom. The number of benzene rings is 2. The van der Waals surface area contributed by atoms with Gasteiger partial charge in [0.1, 0.15) is 0 Å². The summed E-state index contributed by atoms with van der Waals surface area (Å²) in [5.74, 6) is 0.203. The Morgan fingerprint density at radius 2 is 1.72 bits per heavy atom. The molecule has 36 heavy (non-hydrogen) atoms. The van der Waals surface area contributed by atoms with E-state index in [4.69, 9.17) is 0 Å². The number of nitrogens with zero attached hydrogens (tertiary/aromatic N) is 3. The first-order valence-corrected chi connectivity index (χ1v) is 13.9. The molecule has 0 bridgehead atoms. The van der Waals surface area contributed by atoms with Gasteiger partial charge in [-0.05, 0) is 67.0 Å². The average molecular weight is 502 g/mol. The molecular weight excluding hydrogens is 466 g/mol. The van der Waals surface area contributed by atoms with Crippen LogP contribution in [0.2, 0.25) is 0 Å². The lowest BCUT2D eigenvalue weighted by molar-refractivity contribution is -0.135. The summed E-state index contributed by atoms with van der Waals surface area (Å²) in [7, 11) is 0. The highest BCUT2D eigenvalue weighted by molar-refractivity contribution is 7.10. The van der Waals surface area contributed by atoms with E-state index < -0.39 is 0 Å². The minimum absolute atomic E-state index is 0.0150. The molecule has 0 N–H and O–H groups in total. The zero-order valence-electron chi connectivity index (χ0n) is 21.4. The number of thiophene rings is 1. The Bertz CT molecular complexity index is 1220. The molecule has 0 saturated carbocycles. The molecule has 2 atom stereocenters. The van der Waals surface area contributed by atoms with Crippen LogP contribution in [-0.2, 0) is 17.6 Å². The summed E-state index contributed by atoms with van der Waals surface area (Å²) in [6, 6.07) is 18.9. The Hall–Kier alpha value is -2.96. The van der Waals surface area contributed by atoms with Crippen LogP contribution in [0.15, 0.2) is 60.0 Å². The second-order valence-electron chi connectivity index (χ2n) is 10.1. The van der Waals surface area contributed by atoms with E-state index in [1.54, 1.807) is 0 Å². The van der Waals surface area contributed by atoms with Gasteiger partial charge in [0.15, 0.2) is 0 Å². The average Bonchev–Trinajstić information content (AvgIpc) is 3.38. The Kier molecular flexibility index (Phi) is 7.26. The fourth-order valence-corrected chi connectivity index (χ4v) is 6.39. The number of aryl methyl sites for hydroxylation is 2. The number of amides is 2. The third-order valence-electron chi connectivity index (χ3n) is 7.65. The third kappa shape index (κ3) is 4.97. The minimum Gasteiger partial charge on any atom is -0.338 e. The summed E-state index contributed by atoms with van der Waals surface area (Å²) < 4.78 is 0. The molecule has 6 heteroatoms. The van der Waals surface area contributed by atoms with Gasteiger partial charge in [0.25, 0.3) is 5.91 Å². The van der Waals surface area contributed by atoms with E-state index in [2.05, 4.69) is 54.5 Å². The molecule has 1 aromatic heterocycles. The number of fused-ring (bicyclic) bond motifs is 1. The second-order valence-corrected chi connectivity index (χ2v) is 11.1. The molecule has 2 aromatic carbocycles. The summed E-state index contributed by atoms with van der Waals surface area (Å²) >= 11 is 1.82. The highest BCUT2D eigenvalue weighted by atomic mass is 32.1. The number of hydrogen-bond acceptors (Lipinski definition) is 4. The van der Waals surface area contributed by atoms with E-state index in [0.717, 1.165) is 24.9 Å². The van der Waals surface area contributed by atoms with Crippen LogP contribution in [0.4, 0.5) is 0 Å². The van der Waals surface area contributed by atoms with Gasteiger partial charge in [0.2, 0.25) is 5.91 Å². The molecule has 1 fully saturated rings. The number of carbonyl (C=O) groups is 2. The van der Waals surface area contributed by atoms with Gasteiger partial charge in [-0.25, -0.2) is 0 Å². The first-order chi connectivity index (χ1) is 17.4. The highest BCUT2D eigenvalue weighted by Gasteiger charge is 2.34. The molecule has 2 amide bonds. The summed E-state index contributed by atoms with van der Waals surface area (Å²) in [5, 5.41) is 2.17. The van der Waals surface area contributed by atoms with Crippen LogP contribution in [0, 0.1) is 6.92 Å². The zero-order valence-corrected chi connectivity index (χ0v) is 22.3. The fourth-order valence-electron chi connectivity index (χ4n) is 5.49. The highest BCUT2D eigenvalue weighted by Crippen LogP contribution is 2.37. The lowest BCUT2D eigenvalue weighted by Gasteiger charge is -2.42. The van der Waals surface area contributed by atoms with Crippen LogP contribution in [0.25, 0.3) is 0 Å². The van der Waals surface area contributed by atoms with Crippen LogP contribution in [0.5, 0.6) is 0 Å². The van der Waals surface area contributed by atoms with Gasteiger partial charge in [0.05, 0.1) is 12.6 Å². The van der Waals surface area contributed by atoms with E-state index in [1.165, 1.54) is 27.1 Å². The molecule has 0 unspecified atom stereocenters. The van der Waals surface area contributed by atoms with Crippen LogP contribution >= 0.6 is 11.3 Å². The first kappa shape index (κ1) is 24.7. The lowest BCUT2D eigenvalue weighted by Crippen LogP contribution is -2.57. The van der Waals surface area contributed by atoms with E-state index in [1.807, 2.05) is 52.3 Å². The van der Waals surface area contributed by atoms with E-state index >= 15 is 0 Å². The molecular formula is C30H35N3O2S. The van der Waals surface area contributed by atoms with Crippen molar-refractivity contribution in [2.24, 2.45) is 0 Å². The van der Waals surface area contributed by atoms with Crippen LogP contribution in [0.3, 0.4) is 0 Å². The summed E-state index contributed by atoms with van der Waals surface area (Å²) in [6.45, 7) is 9.25. The number of carbonyl (C=O) groups excluding carboxylic acids is 2. The van der Waals surface area contributed by atoms with Crippen molar-refractivity contribution >= 4 is 23.2 Å². The molecule has 2 aliphatic heterocycles. The van der Waals surface area contributed by atoms with Crippen molar-refractivity contribution in [1.82, 2.24) is 14.7 Å². The maximum Gasteiger partial charge on any atom is 0.254 e. The van der Waals surface area contributed by atoms with Gasteiger partial charge in [-0.15, -0.1) is 11.3 Å². The molecule has 0 spiro atoms. The molecule has 5 nitrogen and oxygen atoms in total. The van der Waals surface area contributed by atoms with Gasteiger partial charge in [-0.3, -0.25) is 14.5 Å². The molecule has 0 radical (unpaired) electrons. The summed E-state index contributed by atoms with van der Waals surface area (Å²) in [4.78, 5) is 34.3. The standard InChI is InChI=1S/C30H35N3O2S/c1-4-23-7-11-25(12-8-23)30(35)33-17-16-31(19-22(33)3)28(34)20-32-15-13-27-26(14-18-36-27)29(32)24-9-5-21(2)6-10-24/h5-12,14,18,22,29H,4,13,15-17,19-20H2,1-3H3/t22-,29-/m0/s1. The third-order valence-corrected chi connectivity index (χ3v) is 8.64. The molecule has 1 saturated heterocycles. The van der Waals surface area contributed by atoms with Crippen molar-refractivity contribution in [3.8, 4) is 0 Å². The van der Waals surface area contributed by atoms with Crippen molar-refractivity contribution in [3.63, 3.8) is 0 Å². The Morgan fingerprint density at radius 3 is 2.42 bits per heavy atom. The van der Waals surface area contributed by atoms with Gasteiger partial charge in [-0.1, -0.05) is 48.9 Å². The van der Waals surface area contributed by atoms with Crippen LogP contribution in [0.1, 0.15) is 57.4 Å². The van der Waals surface area contributed by atoms with Crippen molar-refractivity contribution in [2.45, 2.75) is 45.7 Å². The van der Waals surface area contributed by atoms with Crippen LogP contribution < -0.4 is 0 Å². The predicted molar refractivity (Wildman–Crippen MR) is 146 cm³/mol. The maximum atomic E-state index is 13.5. The molecule has 2 aliphatic rings. The number of rotatable bonds is 5. The zero-order chi connectivity index (χ0) is 25.2. The SMILES string of the molecule is CCc1ccc(C(=O)N2CCN(C(=O)CN3CCc4sccc4[C@@H]3c3ccc(C)cc3)C[C@@H]2C)cc1. The smallest absolute Gasteiger partial charge is 0.254 e. The summed E-state index contributed by atoms with van der Waals surface area (Å²) in [6.07, 6.45) is 1.94. The fraction of sp³-hybridized carbons (Fsp3) is 0.400. The van der Waals surface area contributed by atoms with E-state index in [9.17, 15) is 9.59 Å². The maximum absolute atomic E-state index is 13.5. The Labute approximate surface area is 218 Å². The molecule has 3 aromatic rings. The van der Waals surface area contributed by atoms with Crippen molar-refractivity contribution < 1.29 is 9.59 Å². The topological polar surface area (TPSA) is 43.9 Å². The molecule has 3 heterocycles. The monoisotopic (exact) mass is 501 g/mol. The minimum atomic E-state index is -0.0150. The molecule has 188 valence electrons. The largest absolute Gasteiger partial charge is 0.338 e. The quantitative estimate of drug-likeness (QED) is 0.498. The molecule has 0 aliphatic carbocycles. The lowest BCUT2D eigenvalue weighted by atomic mass is 9.92. The Balaban J connectivity index is 1.26. The van der Waals surface area contributed by atoms with E-state index in [0.29, 0.717) is 26.2 Å². The van der Waals surface area contributed by atoms with E-state index in [-0.39, 0.29) is 23.9 Å². The first-order valence-electron chi connectivity index (χ1n) is 13.0. The van der Waals surface area contributed by atoms with Gasteiger partial charge in [0, 0.05) is 42.7 Å². The second kappa shape index (κ2) is 10.6. The van der Waals surface area contributed by atoms with Gasteiger partial charge < -0.3 is 9.80 Å². The van der Waals surface area contributed by atoms with Crippen LogP contribution in [-0.4, -0.2) is 65.3 Å².